The first-order chi connectivity index (χ1) is 16.1. The lowest BCUT2D eigenvalue weighted by Crippen LogP contribution is -2.49. The molecule has 0 aliphatic carbocycles. The van der Waals surface area contributed by atoms with Crippen LogP contribution in [-0.4, -0.2) is 47.1 Å². The van der Waals surface area contributed by atoms with Crippen molar-refractivity contribution in [1.29, 1.82) is 0 Å². The van der Waals surface area contributed by atoms with E-state index in [0.29, 0.717) is 37.6 Å². The second-order valence-corrected chi connectivity index (χ2v) is 8.77. The number of anilines is 1. The monoisotopic (exact) mass is 460 g/mol. The molecule has 6 nitrogen and oxygen atoms in total. The highest BCUT2D eigenvalue weighted by atomic mass is 35.5. The van der Waals surface area contributed by atoms with Crippen LogP contribution in [0.1, 0.15) is 17.9 Å². The molecule has 0 atom stereocenters. The number of rotatable bonds is 5. The van der Waals surface area contributed by atoms with Crippen LogP contribution in [0.25, 0.3) is 22.2 Å². The third-order valence-electron chi connectivity index (χ3n) is 6.20. The van der Waals surface area contributed by atoms with Crippen molar-refractivity contribution in [3.8, 4) is 11.4 Å². The predicted octanol–water partition coefficient (Wildman–Crippen LogP) is 5.13. The molecule has 0 radical (unpaired) electrons. The first-order valence-corrected chi connectivity index (χ1v) is 11.6. The van der Waals surface area contributed by atoms with E-state index >= 15 is 0 Å². The highest BCUT2D eigenvalue weighted by Crippen LogP contribution is 2.27. The number of aromatic nitrogens is 2. The fourth-order valence-electron chi connectivity index (χ4n) is 4.38. The largest absolute Gasteiger partial charge is 0.368 e. The molecule has 7 heteroatoms. The molecule has 3 aromatic carbocycles. The predicted molar refractivity (Wildman–Crippen MR) is 131 cm³/mol. The number of halogens is 1. The van der Waals surface area contributed by atoms with Crippen LogP contribution < -0.4 is 4.90 Å². The van der Waals surface area contributed by atoms with E-state index in [1.807, 2.05) is 47.4 Å². The fourth-order valence-corrected chi connectivity index (χ4v) is 4.54. The summed E-state index contributed by atoms with van der Waals surface area (Å²) in [4.78, 5) is 21.5. The van der Waals surface area contributed by atoms with Gasteiger partial charge in [-0.25, -0.2) is 0 Å². The molecule has 4 aromatic rings. The van der Waals surface area contributed by atoms with Crippen molar-refractivity contribution in [3.05, 3.63) is 77.1 Å². The number of nitrogens with zero attached hydrogens (tertiary/aromatic N) is 4. The minimum Gasteiger partial charge on any atom is -0.368 e. The molecule has 33 heavy (non-hydrogen) atoms. The molecule has 0 unspecified atom stereocenters. The molecule has 1 fully saturated rings. The third-order valence-corrected chi connectivity index (χ3v) is 6.43. The zero-order valence-corrected chi connectivity index (χ0v) is 19.3. The first-order valence-electron chi connectivity index (χ1n) is 11.2. The summed E-state index contributed by atoms with van der Waals surface area (Å²) >= 11 is 6.17. The number of carbonyl (C=O) groups is 1. The lowest BCUT2D eigenvalue weighted by atomic mass is 10.0. The van der Waals surface area contributed by atoms with Crippen LogP contribution >= 0.6 is 11.6 Å². The van der Waals surface area contributed by atoms with Crippen molar-refractivity contribution in [2.24, 2.45) is 0 Å². The van der Waals surface area contributed by atoms with Gasteiger partial charge in [-0.05, 0) is 35.4 Å². The van der Waals surface area contributed by atoms with E-state index in [1.54, 1.807) is 0 Å². The van der Waals surface area contributed by atoms with Gasteiger partial charge >= 0.3 is 0 Å². The minimum atomic E-state index is 0.113. The van der Waals surface area contributed by atoms with Crippen molar-refractivity contribution in [3.63, 3.8) is 0 Å². The average molecular weight is 461 g/mol. The number of amides is 1. The second-order valence-electron chi connectivity index (χ2n) is 8.34. The summed E-state index contributed by atoms with van der Waals surface area (Å²) in [6.07, 6.45) is 0.789. The molecule has 5 rings (SSSR count). The Hall–Kier alpha value is -3.38. The van der Waals surface area contributed by atoms with E-state index < -0.39 is 0 Å². The normalized spacial score (nSPS) is 14.1. The molecular formula is C26H25ClN4O2. The number of fused-ring (bicyclic) bond motifs is 1. The molecule has 0 spiro atoms. The molecule has 168 valence electrons. The van der Waals surface area contributed by atoms with Crippen LogP contribution in [0.15, 0.2) is 65.2 Å². The Balaban J connectivity index is 1.19. The van der Waals surface area contributed by atoms with Crippen LogP contribution in [0.2, 0.25) is 5.02 Å². The van der Waals surface area contributed by atoms with Crippen molar-refractivity contribution in [1.82, 2.24) is 15.0 Å². The molecule has 1 aromatic heterocycles. The van der Waals surface area contributed by atoms with Crippen molar-refractivity contribution >= 4 is 34.0 Å². The summed E-state index contributed by atoms with van der Waals surface area (Å²) in [5.41, 5.74) is 3.26. The van der Waals surface area contributed by atoms with E-state index in [2.05, 4.69) is 40.2 Å². The van der Waals surface area contributed by atoms with Gasteiger partial charge in [-0.2, -0.15) is 4.98 Å². The molecular weight excluding hydrogens is 436 g/mol. The van der Waals surface area contributed by atoms with Crippen molar-refractivity contribution in [2.45, 2.75) is 19.8 Å². The number of carbonyl (C=O) groups excluding carboxylic acids is 1. The zero-order valence-electron chi connectivity index (χ0n) is 18.5. The summed E-state index contributed by atoms with van der Waals surface area (Å²) in [6.45, 7) is 5.04. The standard InChI is InChI=1S/C26H25ClN4O2/c1-18-9-10-20(27)17-23(18)30-13-15-31(16-14-30)25(32)12-11-24-28-26(29-33-24)22-8-4-6-19-5-2-3-7-21(19)22/h2-10,17H,11-16H2,1H3. The maximum absolute atomic E-state index is 12.8. The van der Waals surface area contributed by atoms with Gasteiger partial charge in [0.2, 0.25) is 17.6 Å². The molecule has 1 aliphatic heterocycles. The summed E-state index contributed by atoms with van der Waals surface area (Å²) in [7, 11) is 0. The number of hydrogen-bond acceptors (Lipinski definition) is 5. The van der Waals surface area contributed by atoms with Crippen LogP contribution in [0, 0.1) is 6.92 Å². The molecule has 2 heterocycles. The lowest BCUT2D eigenvalue weighted by Gasteiger charge is -2.37. The molecule has 0 saturated carbocycles. The first kappa shape index (κ1) is 21.5. The Morgan fingerprint density at radius 1 is 1.03 bits per heavy atom. The number of piperazine rings is 1. The van der Waals surface area contributed by atoms with Crippen LogP contribution in [-0.2, 0) is 11.2 Å². The minimum absolute atomic E-state index is 0.113. The Labute approximate surface area is 197 Å². The quantitative estimate of drug-likeness (QED) is 0.413. The molecule has 0 N–H and O–H groups in total. The molecule has 1 saturated heterocycles. The number of benzene rings is 3. The summed E-state index contributed by atoms with van der Waals surface area (Å²) in [5.74, 6) is 1.15. The topological polar surface area (TPSA) is 62.5 Å². The molecule has 0 bridgehead atoms. The van der Waals surface area contributed by atoms with Crippen LogP contribution in [0.4, 0.5) is 5.69 Å². The maximum atomic E-state index is 12.8. The zero-order chi connectivity index (χ0) is 22.8. The molecule has 1 amide bonds. The van der Waals surface area contributed by atoms with Gasteiger partial charge in [0, 0.05) is 55.3 Å². The van der Waals surface area contributed by atoms with E-state index in [4.69, 9.17) is 16.1 Å². The van der Waals surface area contributed by atoms with Crippen LogP contribution in [0.3, 0.4) is 0 Å². The molecule has 1 aliphatic rings. The van der Waals surface area contributed by atoms with E-state index in [0.717, 1.165) is 40.1 Å². The summed E-state index contributed by atoms with van der Waals surface area (Å²) < 4.78 is 5.45. The van der Waals surface area contributed by atoms with Gasteiger partial charge in [0.25, 0.3) is 0 Å². The third kappa shape index (κ3) is 4.57. The van der Waals surface area contributed by atoms with Gasteiger partial charge in [-0.3, -0.25) is 4.79 Å². The Morgan fingerprint density at radius 2 is 1.82 bits per heavy atom. The van der Waals surface area contributed by atoms with Crippen LogP contribution in [0.5, 0.6) is 0 Å². The fraction of sp³-hybridized carbons (Fsp3) is 0.269. The van der Waals surface area contributed by atoms with E-state index in [9.17, 15) is 4.79 Å². The van der Waals surface area contributed by atoms with Gasteiger partial charge in [0.05, 0.1) is 0 Å². The van der Waals surface area contributed by atoms with E-state index in [1.165, 1.54) is 5.56 Å². The summed E-state index contributed by atoms with van der Waals surface area (Å²) in [5, 5.41) is 7.10. The Morgan fingerprint density at radius 3 is 2.67 bits per heavy atom. The van der Waals surface area contributed by atoms with Gasteiger partial charge in [-0.15, -0.1) is 0 Å². The second kappa shape index (κ2) is 9.24. The van der Waals surface area contributed by atoms with E-state index in [-0.39, 0.29) is 5.91 Å². The van der Waals surface area contributed by atoms with Gasteiger partial charge in [0.15, 0.2) is 0 Å². The Kier molecular flexibility index (Phi) is 6.01. The highest BCUT2D eigenvalue weighted by Gasteiger charge is 2.23. The van der Waals surface area contributed by atoms with Gasteiger partial charge in [-0.1, -0.05) is 65.3 Å². The van der Waals surface area contributed by atoms with Gasteiger partial charge < -0.3 is 14.3 Å². The van der Waals surface area contributed by atoms with Gasteiger partial charge in [0.1, 0.15) is 0 Å². The highest BCUT2D eigenvalue weighted by molar-refractivity contribution is 6.30. The number of hydrogen-bond donors (Lipinski definition) is 0. The van der Waals surface area contributed by atoms with Crippen molar-refractivity contribution in [2.75, 3.05) is 31.1 Å². The number of aryl methyl sites for hydroxylation is 2. The Bertz CT molecular complexity index is 1290. The SMILES string of the molecule is Cc1ccc(Cl)cc1N1CCN(C(=O)CCc2nc(-c3cccc4ccccc34)no2)CC1. The average Bonchev–Trinajstić information content (AvgIpc) is 3.32. The lowest BCUT2D eigenvalue weighted by molar-refractivity contribution is -0.131. The smallest absolute Gasteiger partial charge is 0.227 e. The van der Waals surface area contributed by atoms with Crippen molar-refractivity contribution < 1.29 is 9.32 Å². The summed E-state index contributed by atoms with van der Waals surface area (Å²) in [6, 6.07) is 20.1. The maximum Gasteiger partial charge on any atom is 0.227 e.